The molecular formula is C17H18NO2S-. The fraction of sp³-hybridized carbons (Fsp3) is 0.294. The van der Waals surface area contributed by atoms with Gasteiger partial charge in [0.15, 0.2) is 0 Å². The summed E-state index contributed by atoms with van der Waals surface area (Å²) in [4.78, 5) is 0.464. The van der Waals surface area contributed by atoms with Crippen molar-refractivity contribution in [3.63, 3.8) is 0 Å². The Bertz CT molecular complexity index is 661. The summed E-state index contributed by atoms with van der Waals surface area (Å²) in [5.41, 5.74) is 2.00. The molecule has 0 bridgehead atoms. The summed E-state index contributed by atoms with van der Waals surface area (Å²) in [6, 6.07) is 15.7. The molecule has 2 aromatic rings. The van der Waals surface area contributed by atoms with E-state index in [-0.39, 0.29) is 6.04 Å². The summed E-state index contributed by atoms with van der Waals surface area (Å²) >= 11 is 1.59. The molecule has 2 atom stereocenters. The summed E-state index contributed by atoms with van der Waals surface area (Å²) in [6.07, 6.45) is 0. The highest BCUT2D eigenvalue weighted by Gasteiger charge is 2.39. The number of thioether (sulfide) groups is 1. The minimum absolute atomic E-state index is 0.183. The highest BCUT2D eigenvalue weighted by atomic mass is 32.2. The summed E-state index contributed by atoms with van der Waals surface area (Å²) < 4.78 is 5.46. The molecule has 0 saturated heterocycles. The van der Waals surface area contributed by atoms with E-state index >= 15 is 0 Å². The number of para-hydroxylation sites is 1. The molecule has 21 heavy (non-hydrogen) atoms. The van der Waals surface area contributed by atoms with Crippen molar-refractivity contribution < 1.29 is 4.74 Å². The minimum Gasteiger partial charge on any atom is -0.784 e. The maximum atomic E-state index is 12.9. The molecule has 0 N–H and O–H groups in total. The molecule has 0 radical (unpaired) electrons. The van der Waals surface area contributed by atoms with Crippen molar-refractivity contribution in [2.45, 2.75) is 29.7 Å². The van der Waals surface area contributed by atoms with Crippen molar-refractivity contribution in [2.75, 3.05) is 7.11 Å². The van der Waals surface area contributed by atoms with E-state index < -0.39 is 4.87 Å². The average Bonchev–Trinajstić information content (AvgIpc) is 2.53. The standard InChI is InChI=1S/C17H18NO2S/c1-12-13-8-4-7-11-16(13)21-17(2,18(12)19)14-9-5-6-10-15(14)20-3/h4-12H,1-3H3/q-1. The fourth-order valence-corrected chi connectivity index (χ4v) is 4.33. The fourth-order valence-electron chi connectivity index (χ4n) is 2.88. The molecule has 0 fully saturated rings. The minimum atomic E-state index is -0.694. The van der Waals surface area contributed by atoms with Crippen LogP contribution in [0.25, 0.3) is 0 Å². The van der Waals surface area contributed by atoms with Gasteiger partial charge < -0.3 is 15.0 Å². The van der Waals surface area contributed by atoms with Crippen molar-refractivity contribution in [1.82, 2.24) is 5.06 Å². The van der Waals surface area contributed by atoms with Gasteiger partial charge in [-0.25, -0.2) is 0 Å². The molecule has 0 spiro atoms. The van der Waals surface area contributed by atoms with Crippen LogP contribution in [0, 0.1) is 5.21 Å². The molecular weight excluding hydrogens is 282 g/mol. The molecule has 1 aliphatic rings. The summed E-state index contributed by atoms with van der Waals surface area (Å²) in [6.45, 7) is 3.92. The largest absolute Gasteiger partial charge is 0.784 e. The van der Waals surface area contributed by atoms with Crippen molar-refractivity contribution in [3.05, 3.63) is 64.9 Å². The first kappa shape index (κ1) is 14.4. The molecule has 0 aromatic heterocycles. The molecule has 3 nitrogen and oxygen atoms in total. The molecule has 1 heterocycles. The van der Waals surface area contributed by atoms with E-state index in [9.17, 15) is 5.21 Å². The van der Waals surface area contributed by atoms with Crippen LogP contribution in [0.3, 0.4) is 0 Å². The van der Waals surface area contributed by atoms with Crippen molar-refractivity contribution in [1.29, 1.82) is 0 Å². The zero-order valence-electron chi connectivity index (χ0n) is 12.4. The molecule has 110 valence electrons. The SMILES string of the molecule is COc1ccccc1C1(C)Sc2ccccc2C(C)N1[O-]. The Hall–Kier alpha value is -1.49. The molecule has 0 aliphatic carbocycles. The molecule has 0 amide bonds. The Morgan fingerprint density at radius 2 is 1.81 bits per heavy atom. The third-order valence-corrected chi connectivity index (χ3v) is 5.45. The van der Waals surface area contributed by atoms with E-state index in [2.05, 4.69) is 6.07 Å². The van der Waals surface area contributed by atoms with E-state index in [0.717, 1.165) is 21.8 Å². The molecule has 3 rings (SSSR count). The predicted octanol–water partition coefficient (Wildman–Crippen LogP) is 4.53. The van der Waals surface area contributed by atoms with Gasteiger partial charge in [0.25, 0.3) is 0 Å². The monoisotopic (exact) mass is 300 g/mol. The number of hydroxylamine groups is 2. The van der Waals surface area contributed by atoms with Crippen LogP contribution in [0.2, 0.25) is 0 Å². The van der Waals surface area contributed by atoms with Gasteiger partial charge in [0, 0.05) is 16.5 Å². The topological polar surface area (TPSA) is 35.5 Å². The highest BCUT2D eigenvalue weighted by Crippen LogP contribution is 2.54. The normalized spacial score (nSPS) is 25.4. The number of nitrogens with zero attached hydrogens (tertiary/aromatic N) is 1. The lowest BCUT2D eigenvalue weighted by atomic mass is 10.0. The lowest BCUT2D eigenvalue weighted by molar-refractivity contribution is 0.190. The van der Waals surface area contributed by atoms with Crippen molar-refractivity contribution >= 4 is 11.8 Å². The number of fused-ring (bicyclic) bond motifs is 1. The van der Waals surface area contributed by atoms with Gasteiger partial charge in [-0.2, -0.15) is 0 Å². The molecule has 1 aliphatic heterocycles. The summed E-state index contributed by atoms with van der Waals surface area (Å²) in [5, 5.41) is 14.1. The van der Waals surface area contributed by atoms with Crippen molar-refractivity contribution in [3.8, 4) is 5.75 Å². The quantitative estimate of drug-likeness (QED) is 0.816. The molecule has 0 saturated carbocycles. The zero-order chi connectivity index (χ0) is 15.0. The van der Waals surface area contributed by atoms with Crippen LogP contribution in [0.1, 0.15) is 31.0 Å². The Balaban J connectivity index is 2.14. The predicted molar refractivity (Wildman–Crippen MR) is 86.3 cm³/mol. The Morgan fingerprint density at radius 1 is 1.14 bits per heavy atom. The number of rotatable bonds is 2. The first-order valence-corrected chi connectivity index (χ1v) is 7.77. The van der Waals surface area contributed by atoms with E-state index in [1.54, 1.807) is 18.9 Å². The van der Waals surface area contributed by atoms with Crippen LogP contribution in [0.4, 0.5) is 0 Å². The van der Waals surface area contributed by atoms with Gasteiger partial charge in [-0.05, 0) is 31.5 Å². The van der Waals surface area contributed by atoms with Gasteiger partial charge in [0.05, 0.1) is 12.0 Å². The van der Waals surface area contributed by atoms with Gasteiger partial charge >= 0.3 is 0 Å². The number of ether oxygens (including phenoxy) is 1. The molecule has 2 aromatic carbocycles. The zero-order valence-corrected chi connectivity index (χ0v) is 13.2. The van der Waals surface area contributed by atoms with Gasteiger partial charge in [-0.3, -0.25) is 0 Å². The van der Waals surface area contributed by atoms with Crippen LogP contribution in [-0.4, -0.2) is 12.2 Å². The summed E-state index contributed by atoms with van der Waals surface area (Å²) in [5.74, 6) is 0.750. The van der Waals surface area contributed by atoms with Crippen LogP contribution in [0.15, 0.2) is 53.4 Å². The smallest absolute Gasteiger partial charge is 0.124 e. The van der Waals surface area contributed by atoms with E-state index in [0.29, 0.717) is 0 Å². The number of hydrogen-bond donors (Lipinski definition) is 0. The van der Waals surface area contributed by atoms with Crippen molar-refractivity contribution in [2.24, 2.45) is 0 Å². The highest BCUT2D eigenvalue weighted by molar-refractivity contribution is 8.00. The lowest BCUT2D eigenvalue weighted by Gasteiger charge is -2.53. The maximum Gasteiger partial charge on any atom is 0.124 e. The van der Waals surface area contributed by atoms with Gasteiger partial charge in [0.1, 0.15) is 5.75 Å². The van der Waals surface area contributed by atoms with Crippen LogP contribution in [0.5, 0.6) is 5.75 Å². The number of hydrogen-bond acceptors (Lipinski definition) is 4. The van der Waals surface area contributed by atoms with E-state index in [1.807, 2.05) is 56.3 Å². The Labute approximate surface area is 129 Å². The second-order valence-corrected chi connectivity index (χ2v) is 6.76. The Morgan fingerprint density at radius 3 is 2.57 bits per heavy atom. The third-order valence-electron chi connectivity index (χ3n) is 4.06. The van der Waals surface area contributed by atoms with Gasteiger partial charge in [0.2, 0.25) is 0 Å². The van der Waals surface area contributed by atoms with Crippen LogP contribution >= 0.6 is 11.8 Å². The van der Waals surface area contributed by atoms with Crippen LogP contribution < -0.4 is 4.74 Å². The third kappa shape index (κ3) is 2.24. The maximum absolute atomic E-state index is 12.9. The van der Waals surface area contributed by atoms with Gasteiger partial charge in [-0.1, -0.05) is 48.2 Å². The number of methoxy groups -OCH3 is 1. The second-order valence-electron chi connectivity index (χ2n) is 5.32. The number of benzene rings is 2. The summed E-state index contributed by atoms with van der Waals surface area (Å²) in [7, 11) is 1.64. The lowest BCUT2D eigenvalue weighted by Crippen LogP contribution is -2.41. The molecule has 4 heteroatoms. The van der Waals surface area contributed by atoms with E-state index in [4.69, 9.17) is 4.74 Å². The first-order valence-electron chi connectivity index (χ1n) is 6.96. The molecule has 2 unspecified atom stereocenters. The first-order chi connectivity index (χ1) is 10.1. The van der Waals surface area contributed by atoms with Crippen LogP contribution in [-0.2, 0) is 4.87 Å². The second kappa shape index (κ2) is 5.37. The van der Waals surface area contributed by atoms with Gasteiger partial charge in [-0.15, -0.1) is 0 Å². The van der Waals surface area contributed by atoms with E-state index in [1.165, 1.54) is 5.06 Å². The average molecular weight is 300 g/mol. The Kier molecular flexibility index (Phi) is 3.69.